The van der Waals surface area contributed by atoms with Crippen molar-refractivity contribution in [3.05, 3.63) is 112 Å². The SMILES string of the molecule is Cc1ncc(-c2ccc3c(c2)C[C@@H](C)N(c2ccc(C4CC4)cc2)[C@@H]3c2ccc(/C=C/C(=O)O)cc2)s1. The first kappa shape index (κ1) is 23.7. The maximum absolute atomic E-state index is 11.0. The maximum atomic E-state index is 11.0. The fourth-order valence-corrected chi connectivity index (χ4v) is 6.33. The lowest BCUT2D eigenvalue weighted by atomic mass is 9.83. The lowest BCUT2D eigenvalue weighted by molar-refractivity contribution is -0.131. The topological polar surface area (TPSA) is 53.4 Å². The van der Waals surface area contributed by atoms with Crippen LogP contribution in [0.2, 0.25) is 0 Å². The number of carboxylic acid groups (broad SMARTS) is 1. The van der Waals surface area contributed by atoms with E-state index in [2.05, 4.69) is 71.4 Å². The zero-order valence-electron chi connectivity index (χ0n) is 21.1. The van der Waals surface area contributed by atoms with Crippen molar-refractivity contribution in [1.29, 1.82) is 0 Å². The molecule has 0 spiro atoms. The minimum absolute atomic E-state index is 0.0697. The number of nitrogens with zero attached hydrogens (tertiary/aromatic N) is 2. The van der Waals surface area contributed by atoms with Gasteiger partial charge in [0, 0.05) is 24.0 Å². The monoisotopic (exact) mass is 506 g/mol. The van der Waals surface area contributed by atoms with Gasteiger partial charge in [-0.15, -0.1) is 11.3 Å². The fourth-order valence-electron chi connectivity index (χ4n) is 5.55. The molecule has 2 heterocycles. The van der Waals surface area contributed by atoms with E-state index in [0.717, 1.165) is 22.9 Å². The quantitative estimate of drug-likeness (QED) is 0.273. The standard InChI is InChI=1S/C32H30N2O2S/c1-20-17-27-18-26(30-19-33-21(2)37-30)12-15-29(27)32(25-6-3-22(4-7-25)5-16-31(35)36)34(20)28-13-10-24(11-14-28)23-8-9-23/h3-7,10-16,18-20,23,32H,8-9,17H2,1-2H3,(H,35,36)/b16-5+/t20-,32-/m1/s1. The number of anilines is 1. The van der Waals surface area contributed by atoms with Crippen LogP contribution in [-0.2, 0) is 11.2 Å². The summed E-state index contributed by atoms with van der Waals surface area (Å²) in [6.45, 7) is 4.37. The van der Waals surface area contributed by atoms with E-state index in [9.17, 15) is 4.79 Å². The molecule has 0 unspecified atom stereocenters. The van der Waals surface area contributed by atoms with Crippen LogP contribution in [0.3, 0.4) is 0 Å². The molecule has 186 valence electrons. The van der Waals surface area contributed by atoms with Crippen molar-refractivity contribution < 1.29 is 9.90 Å². The van der Waals surface area contributed by atoms with Crippen LogP contribution >= 0.6 is 11.3 Å². The van der Waals surface area contributed by atoms with Crippen LogP contribution in [0.25, 0.3) is 16.5 Å². The number of aromatic nitrogens is 1. The molecule has 6 rings (SSSR count). The summed E-state index contributed by atoms with van der Waals surface area (Å²) < 4.78 is 0. The van der Waals surface area contributed by atoms with Gasteiger partial charge in [-0.1, -0.05) is 48.5 Å². The molecule has 1 aromatic heterocycles. The van der Waals surface area contributed by atoms with Crippen molar-refractivity contribution >= 4 is 29.1 Å². The van der Waals surface area contributed by atoms with Crippen molar-refractivity contribution in [1.82, 2.24) is 4.98 Å². The normalized spacial score (nSPS) is 19.2. The number of hydrogen-bond acceptors (Lipinski definition) is 4. The van der Waals surface area contributed by atoms with E-state index in [4.69, 9.17) is 5.11 Å². The Morgan fingerprint density at radius 2 is 1.76 bits per heavy atom. The molecule has 0 amide bonds. The molecular weight excluding hydrogens is 476 g/mol. The number of benzene rings is 3. The first-order chi connectivity index (χ1) is 18.0. The second-order valence-corrected chi connectivity index (χ2v) is 11.5. The molecule has 0 saturated heterocycles. The van der Waals surface area contributed by atoms with E-state index in [-0.39, 0.29) is 6.04 Å². The first-order valence-electron chi connectivity index (χ1n) is 12.9. The molecule has 1 aliphatic heterocycles. The molecule has 37 heavy (non-hydrogen) atoms. The number of aryl methyl sites for hydroxylation is 1. The Morgan fingerprint density at radius 1 is 1.03 bits per heavy atom. The number of carboxylic acids is 1. The summed E-state index contributed by atoms with van der Waals surface area (Å²) in [5, 5.41) is 10.1. The molecule has 0 radical (unpaired) electrons. The molecule has 2 aliphatic rings. The van der Waals surface area contributed by atoms with Gasteiger partial charge in [0.1, 0.15) is 0 Å². The molecule has 1 saturated carbocycles. The highest BCUT2D eigenvalue weighted by Gasteiger charge is 2.34. The summed E-state index contributed by atoms with van der Waals surface area (Å²) in [7, 11) is 0. The number of aliphatic carboxylic acids is 1. The zero-order valence-corrected chi connectivity index (χ0v) is 21.9. The van der Waals surface area contributed by atoms with E-state index in [0.29, 0.717) is 6.04 Å². The third-order valence-electron chi connectivity index (χ3n) is 7.52. The van der Waals surface area contributed by atoms with Crippen LogP contribution in [-0.4, -0.2) is 22.1 Å². The highest BCUT2D eigenvalue weighted by Crippen LogP contribution is 2.44. The van der Waals surface area contributed by atoms with Crippen molar-refractivity contribution in [3.63, 3.8) is 0 Å². The van der Waals surface area contributed by atoms with Crippen molar-refractivity contribution in [2.24, 2.45) is 0 Å². The lowest BCUT2D eigenvalue weighted by Crippen LogP contribution is -2.42. The number of rotatable bonds is 6. The van der Waals surface area contributed by atoms with Crippen LogP contribution in [0.15, 0.2) is 79.0 Å². The van der Waals surface area contributed by atoms with Crippen molar-refractivity contribution in [2.45, 2.75) is 51.1 Å². The van der Waals surface area contributed by atoms with Gasteiger partial charge < -0.3 is 10.0 Å². The molecule has 1 N–H and O–H groups in total. The molecule has 5 heteroatoms. The Kier molecular flexibility index (Phi) is 6.17. The Morgan fingerprint density at radius 3 is 2.41 bits per heavy atom. The lowest BCUT2D eigenvalue weighted by Gasteiger charge is -2.44. The van der Waals surface area contributed by atoms with Crippen LogP contribution in [0.5, 0.6) is 0 Å². The molecule has 4 nitrogen and oxygen atoms in total. The van der Waals surface area contributed by atoms with Crippen LogP contribution in [0.4, 0.5) is 5.69 Å². The summed E-state index contributed by atoms with van der Waals surface area (Å²) >= 11 is 1.73. The van der Waals surface area contributed by atoms with Gasteiger partial charge >= 0.3 is 5.97 Å². The molecule has 0 bridgehead atoms. The van der Waals surface area contributed by atoms with E-state index < -0.39 is 5.97 Å². The van der Waals surface area contributed by atoms with Crippen molar-refractivity contribution in [3.8, 4) is 10.4 Å². The van der Waals surface area contributed by atoms with E-state index >= 15 is 0 Å². The summed E-state index contributed by atoms with van der Waals surface area (Å²) in [6.07, 6.45) is 8.38. The molecular formula is C32H30N2O2S. The number of thiazole rings is 1. The summed E-state index contributed by atoms with van der Waals surface area (Å²) in [5.74, 6) is -0.198. The zero-order chi connectivity index (χ0) is 25.5. The minimum Gasteiger partial charge on any atom is -0.478 e. The Labute approximate surface area is 221 Å². The van der Waals surface area contributed by atoms with E-state index in [1.165, 1.54) is 57.3 Å². The van der Waals surface area contributed by atoms with Gasteiger partial charge in [-0.3, -0.25) is 0 Å². The highest BCUT2D eigenvalue weighted by atomic mass is 32.1. The predicted octanol–water partition coefficient (Wildman–Crippen LogP) is 7.63. The van der Waals surface area contributed by atoms with Crippen LogP contribution in [0.1, 0.15) is 64.6 Å². The van der Waals surface area contributed by atoms with Gasteiger partial charge in [-0.2, -0.15) is 0 Å². The summed E-state index contributed by atoms with van der Waals surface area (Å²) in [6, 6.07) is 24.8. The van der Waals surface area contributed by atoms with Gasteiger partial charge in [-0.25, -0.2) is 9.78 Å². The summed E-state index contributed by atoms with van der Waals surface area (Å²) in [4.78, 5) is 19.2. The third-order valence-corrected chi connectivity index (χ3v) is 8.48. The molecule has 2 atom stereocenters. The average molecular weight is 507 g/mol. The second-order valence-electron chi connectivity index (χ2n) is 10.2. The average Bonchev–Trinajstić information content (AvgIpc) is 3.66. The van der Waals surface area contributed by atoms with Crippen LogP contribution in [0, 0.1) is 6.92 Å². The van der Waals surface area contributed by atoms with E-state index in [1.54, 1.807) is 17.4 Å². The molecule has 1 aliphatic carbocycles. The van der Waals surface area contributed by atoms with Gasteiger partial charge in [-0.05, 0) is 96.7 Å². The number of fused-ring (bicyclic) bond motifs is 1. The smallest absolute Gasteiger partial charge is 0.328 e. The highest BCUT2D eigenvalue weighted by molar-refractivity contribution is 7.15. The van der Waals surface area contributed by atoms with Crippen molar-refractivity contribution in [2.75, 3.05) is 4.90 Å². The van der Waals surface area contributed by atoms with Gasteiger partial charge in [0.2, 0.25) is 0 Å². The molecule has 4 aromatic rings. The van der Waals surface area contributed by atoms with Gasteiger partial charge in [0.25, 0.3) is 0 Å². The Bertz CT molecular complexity index is 1470. The number of carbonyl (C=O) groups is 1. The van der Waals surface area contributed by atoms with E-state index in [1.807, 2.05) is 25.3 Å². The maximum Gasteiger partial charge on any atom is 0.328 e. The largest absolute Gasteiger partial charge is 0.478 e. The minimum atomic E-state index is -0.938. The van der Waals surface area contributed by atoms with Gasteiger partial charge in [0.15, 0.2) is 0 Å². The third kappa shape index (κ3) is 4.84. The van der Waals surface area contributed by atoms with Crippen LogP contribution < -0.4 is 4.90 Å². The number of hydrogen-bond donors (Lipinski definition) is 1. The molecule has 3 aromatic carbocycles. The fraction of sp³-hybridized carbons (Fsp3) is 0.250. The Balaban J connectivity index is 1.42. The summed E-state index contributed by atoms with van der Waals surface area (Å²) in [5.41, 5.74) is 8.70. The van der Waals surface area contributed by atoms with Gasteiger partial charge in [0.05, 0.1) is 15.9 Å². The second kappa shape index (κ2) is 9.64. The Hall–Kier alpha value is -3.70. The predicted molar refractivity (Wildman–Crippen MR) is 151 cm³/mol. The first-order valence-corrected chi connectivity index (χ1v) is 13.7. The molecule has 1 fully saturated rings.